The lowest BCUT2D eigenvalue weighted by Crippen LogP contribution is -2.21. The molecule has 0 aliphatic rings. The predicted molar refractivity (Wildman–Crippen MR) is 22.2 cm³/mol. The predicted octanol–water partition coefficient (Wildman–Crippen LogP) is -1.46. The largest absolute Gasteiger partial charge is 0.350 e. The molecule has 0 bridgehead atoms. The molecule has 7 heavy (non-hydrogen) atoms. The van der Waals surface area contributed by atoms with Crippen LogP contribution in [0.5, 0.6) is 0 Å². The van der Waals surface area contributed by atoms with E-state index in [-0.39, 0.29) is 6.54 Å². The molecule has 0 saturated carbocycles. The van der Waals surface area contributed by atoms with E-state index in [2.05, 4.69) is 0 Å². The van der Waals surface area contributed by atoms with Crippen LogP contribution in [0.1, 0.15) is 0 Å². The van der Waals surface area contributed by atoms with Crippen molar-refractivity contribution in [1.82, 2.24) is 11.1 Å². The first-order chi connectivity index (χ1) is 3.27. The minimum Gasteiger partial charge on any atom is -0.350 e. The van der Waals surface area contributed by atoms with E-state index in [4.69, 9.17) is 5.73 Å². The third kappa shape index (κ3) is 4.94. The molecule has 0 fully saturated rings. The molecule has 0 rings (SSSR count). The van der Waals surface area contributed by atoms with Crippen LogP contribution in [-0.2, 0) is 9.59 Å². The maximum atomic E-state index is 9.65. The van der Waals surface area contributed by atoms with E-state index >= 15 is 0 Å². The summed E-state index contributed by atoms with van der Waals surface area (Å²) in [5.41, 5.74) is 6.22. The Bertz CT molecular complexity index is 81.0. The lowest BCUT2D eigenvalue weighted by Gasteiger charge is -1.85. The molecule has 0 aliphatic heterocycles. The molecular formula is C3H5N2O2. The van der Waals surface area contributed by atoms with Crippen molar-refractivity contribution in [2.45, 2.75) is 0 Å². The number of carbonyl (C=O) groups is 2. The highest BCUT2D eigenvalue weighted by molar-refractivity contribution is 5.77. The van der Waals surface area contributed by atoms with Crippen molar-refractivity contribution >= 4 is 12.3 Å². The van der Waals surface area contributed by atoms with Crippen LogP contribution in [0, 0.1) is 0 Å². The number of carbonyl (C=O) groups excluding carboxylic acids is 2. The smallest absolute Gasteiger partial charge is 0.257 e. The van der Waals surface area contributed by atoms with Gasteiger partial charge in [0.05, 0.1) is 6.54 Å². The van der Waals surface area contributed by atoms with E-state index in [0.717, 1.165) is 0 Å². The molecule has 0 heterocycles. The molecule has 1 radical (unpaired) electrons. The molecule has 0 aromatic rings. The minimum atomic E-state index is -0.785. The second kappa shape index (κ2) is 3.14. The molecule has 0 aromatic carbocycles. The van der Waals surface area contributed by atoms with Gasteiger partial charge in [-0.25, -0.2) is 0 Å². The summed E-state index contributed by atoms with van der Waals surface area (Å²) in [7, 11) is 0. The van der Waals surface area contributed by atoms with E-state index in [9.17, 15) is 9.59 Å². The number of hydrogen-bond acceptors (Lipinski definition) is 2. The van der Waals surface area contributed by atoms with Gasteiger partial charge in [0.15, 0.2) is 0 Å². The maximum Gasteiger partial charge on any atom is 0.257 e. The highest BCUT2D eigenvalue weighted by Crippen LogP contribution is 1.50. The Morgan fingerprint density at radius 3 is 2.57 bits per heavy atom. The fourth-order valence-electron chi connectivity index (χ4n) is 0.134. The topological polar surface area (TPSA) is 70.0 Å². The van der Waals surface area contributed by atoms with E-state index in [1.807, 2.05) is 5.32 Å². The number of nitrogens with one attached hydrogen (secondary N) is 2. The average Bonchev–Trinajstić information content (AvgIpc) is 1.61. The molecular weight excluding hydrogens is 96.0 g/mol. The van der Waals surface area contributed by atoms with Crippen molar-refractivity contribution in [1.29, 1.82) is 0 Å². The Hall–Kier alpha value is -1.06. The molecule has 0 atom stereocenters. The molecule has 2 N–H and O–H groups in total. The molecule has 0 aromatic heterocycles. The zero-order chi connectivity index (χ0) is 5.70. The van der Waals surface area contributed by atoms with Crippen LogP contribution in [-0.4, -0.2) is 18.9 Å². The van der Waals surface area contributed by atoms with Gasteiger partial charge in [0.2, 0.25) is 6.41 Å². The monoisotopic (exact) mass is 101 g/mol. The summed E-state index contributed by atoms with van der Waals surface area (Å²) in [5, 5.41) is 2.03. The second-order valence-electron chi connectivity index (χ2n) is 0.922. The fraction of sp³-hybridized carbons (Fsp3) is 0.333. The molecule has 0 spiro atoms. The molecule has 0 aliphatic carbocycles. The Balaban J connectivity index is 2.97. The zero-order valence-corrected chi connectivity index (χ0v) is 3.60. The first kappa shape index (κ1) is 5.94. The van der Waals surface area contributed by atoms with Crippen LogP contribution in [0.15, 0.2) is 0 Å². The third-order valence-corrected chi connectivity index (χ3v) is 0.346. The minimum absolute atomic E-state index is 0.191. The highest BCUT2D eigenvalue weighted by Gasteiger charge is 1.87. The third-order valence-electron chi connectivity index (χ3n) is 0.346. The van der Waals surface area contributed by atoms with Gasteiger partial charge in [-0.2, -0.15) is 0 Å². The SMILES string of the molecule is [NH]C(=O)CNC=O. The Morgan fingerprint density at radius 1 is 1.86 bits per heavy atom. The van der Waals surface area contributed by atoms with Gasteiger partial charge in [-0.1, -0.05) is 0 Å². The lowest BCUT2D eigenvalue weighted by molar-refractivity contribution is -0.120. The van der Waals surface area contributed by atoms with Gasteiger partial charge in [0.1, 0.15) is 0 Å². The van der Waals surface area contributed by atoms with Gasteiger partial charge in [-0.15, -0.1) is 0 Å². The summed E-state index contributed by atoms with van der Waals surface area (Å²) in [4.78, 5) is 19.0. The fourth-order valence-corrected chi connectivity index (χ4v) is 0.134. The summed E-state index contributed by atoms with van der Waals surface area (Å²) in [6.07, 6.45) is 0.381. The highest BCUT2D eigenvalue weighted by atomic mass is 16.2. The van der Waals surface area contributed by atoms with Crippen LogP contribution in [0.3, 0.4) is 0 Å². The molecule has 4 nitrogen and oxygen atoms in total. The summed E-state index contributed by atoms with van der Waals surface area (Å²) >= 11 is 0. The molecule has 2 amide bonds. The van der Waals surface area contributed by atoms with Crippen molar-refractivity contribution in [2.75, 3.05) is 6.54 Å². The molecule has 39 valence electrons. The van der Waals surface area contributed by atoms with Gasteiger partial charge in [0, 0.05) is 0 Å². The number of rotatable bonds is 3. The Kier molecular flexibility index (Phi) is 2.67. The normalized spacial score (nSPS) is 7.43. The zero-order valence-electron chi connectivity index (χ0n) is 3.60. The van der Waals surface area contributed by atoms with Crippen LogP contribution < -0.4 is 11.1 Å². The van der Waals surface area contributed by atoms with E-state index in [0.29, 0.717) is 6.41 Å². The molecule has 0 unspecified atom stereocenters. The second-order valence-corrected chi connectivity index (χ2v) is 0.922. The van der Waals surface area contributed by atoms with Crippen molar-refractivity contribution in [2.24, 2.45) is 0 Å². The average molecular weight is 101 g/mol. The van der Waals surface area contributed by atoms with Crippen molar-refractivity contribution < 1.29 is 9.59 Å². The number of hydrogen-bond donors (Lipinski definition) is 1. The van der Waals surface area contributed by atoms with Gasteiger partial charge >= 0.3 is 0 Å². The first-order valence-electron chi connectivity index (χ1n) is 1.69. The van der Waals surface area contributed by atoms with E-state index < -0.39 is 5.91 Å². The summed E-state index contributed by atoms with van der Waals surface area (Å²) in [5.74, 6) is -0.785. The standard InChI is InChI=1S/C3H5N2O2/c4-3(7)1-5-2-6/h2,4H,1H2,(H,5,6). The molecule has 0 saturated heterocycles. The maximum absolute atomic E-state index is 9.65. The Morgan fingerprint density at radius 2 is 2.43 bits per heavy atom. The van der Waals surface area contributed by atoms with Gasteiger partial charge in [-0.05, 0) is 0 Å². The van der Waals surface area contributed by atoms with Crippen LogP contribution in [0.4, 0.5) is 0 Å². The van der Waals surface area contributed by atoms with Gasteiger partial charge in [-0.3, -0.25) is 15.3 Å². The van der Waals surface area contributed by atoms with Gasteiger partial charge in [0.25, 0.3) is 5.91 Å². The first-order valence-corrected chi connectivity index (χ1v) is 1.69. The van der Waals surface area contributed by atoms with Crippen molar-refractivity contribution in [3.8, 4) is 0 Å². The van der Waals surface area contributed by atoms with E-state index in [1.54, 1.807) is 0 Å². The molecule has 4 heteroatoms. The summed E-state index contributed by atoms with van der Waals surface area (Å²) in [6, 6.07) is 0. The number of amides is 2. The quantitative estimate of drug-likeness (QED) is 0.441. The Labute approximate surface area is 40.7 Å². The summed E-state index contributed by atoms with van der Waals surface area (Å²) in [6.45, 7) is -0.191. The van der Waals surface area contributed by atoms with Gasteiger partial charge < -0.3 is 5.32 Å². The van der Waals surface area contributed by atoms with Crippen molar-refractivity contribution in [3.63, 3.8) is 0 Å². The van der Waals surface area contributed by atoms with Crippen molar-refractivity contribution in [3.05, 3.63) is 0 Å². The van der Waals surface area contributed by atoms with E-state index in [1.165, 1.54) is 0 Å². The summed E-state index contributed by atoms with van der Waals surface area (Å²) < 4.78 is 0. The van der Waals surface area contributed by atoms with Crippen LogP contribution >= 0.6 is 0 Å². The van der Waals surface area contributed by atoms with Crippen LogP contribution in [0.25, 0.3) is 0 Å². The van der Waals surface area contributed by atoms with Crippen LogP contribution in [0.2, 0.25) is 0 Å². The lowest BCUT2D eigenvalue weighted by atomic mass is 10.6.